The Bertz CT molecular complexity index is 372. The molecule has 92 valence electrons. The maximum atomic E-state index is 11.6. The predicted molar refractivity (Wildman–Crippen MR) is 66.1 cm³/mol. The Morgan fingerprint density at radius 3 is 2.88 bits per heavy atom. The molecule has 1 aromatic rings. The fourth-order valence-electron chi connectivity index (χ4n) is 2.01. The maximum absolute atomic E-state index is 11.6. The Kier molecular flexibility index (Phi) is 3.64. The van der Waals surface area contributed by atoms with Crippen molar-refractivity contribution in [2.24, 2.45) is 0 Å². The van der Waals surface area contributed by atoms with Crippen molar-refractivity contribution in [3.63, 3.8) is 0 Å². The van der Waals surface area contributed by atoms with E-state index in [2.05, 4.69) is 17.6 Å². The quantitative estimate of drug-likeness (QED) is 0.840. The van der Waals surface area contributed by atoms with Gasteiger partial charge in [0.2, 0.25) is 0 Å². The number of ether oxygens (including phenoxy) is 1. The number of hydrogen-bond donors (Lipinski definition) is 2. The summed E-state index contributed by atoms with van der Waals surface area (Å²) in [6, 6.07) is 9.07. The van der Waals surface area contributed by atoms with E-state index < -0.39 is 6.09 Å². The summed E-state index contributed by atoms with van der Waals surface area (Å²) in [4.78, 5) is 11.6. The lowest BCUT2D eigenvalue weighted by atomic mass is 10.0. The minimum absolute atomic E-state index is 0.00963. The van der Waals surface area contributed by atoms with Gasteiger partial charge in [-0.25, -0.2) is 4.79 Å². The van der Waals surface area contributed by atoms with Gasteiger partial charge in [0.05, 0.1) is 0 Å². The molecule has 1 aliphatic heterocycles. The molecule has 0 radical (unpaired) electrons. The second kappa shape index (κ2) is 5.19. The molecule has 2 N–H and O–H groups in total. The zero-order valence-corrected chi connectivity index (χ0v) is 10.0. The van der Waals surface area contributed by atoms with Crippen LogP contribution in [0.15, 0.2) is 30.3 Å². The topological polar surface area (TPSA) is 50.4 Å². The van der Waals surface area contributed by atoms with Gasteiger partial charge in [-0.2, -0.15) is 0 Å². The van der Waals surface area contributed by atoms with E-state index in [0.717, 1.165) is 19.4 Å². The van der Waals surface area contributed by atoms with Crippen molar-refractivity contribution in [1.82, 2.24) is 10.6 Å². The Labute approximate surface area is 101 Å². The SMILES string of the molecule is CC1(CNC(=O)Oc2ccccc2)CCCN1. The number of benzene rings is 1. The maximum Gasteiger partial charge on any atom is 0.412 e. The minimum atomic E-state index is -0.397. The molecule has 1 unspecified atom stereocenters. The third-order valence-corrected chi connectivity index (χ3v) is 3.03. The minimum Gasteiger partial charge on any atom is -0.410 e. The standard InChI is InChI=1S/C13H18N2O2/c1-13(8-5-9-15-13)10-14-12(16)17-11-6-3-2-4-7-11/h2-4,6-7,15H,5,8-10H2,1H3,(H,14,16). The average Bonchev–Trinajstić information content (AvgIpc) is 2.76. The van der Waals surface area contributed by atoms with E-state index in [9.17, 15) is 4.79 Å². The van der Waals surface area contributed by atoms with E-state index in [0.29, 0.717) is 12.3 Å². The number of carbonyl (C=O) groups excluding carboxylic acids is 1. The Morgan fingerprint density at radius 2 is 2.24 bits per heavy atom. The molecule has 0 saturated carbocycles. The molecule has 17 heavy (non-hydrogen) atoms. The fraction of sp³-hybridized carbons (Fsp3) is 0.462. The third kappa shape index (κ3) is 3.46. The van der Waals surface area contributed by atoms with Crippen molar-refractivity contribution in [3.8, 4) is 5.75 Å². The van der Waals surface area contributed by atoms with Crippen LogP contribution in [0.5, 0.6) is 5.75 Å². The zero-order chi connectivity index (χ0) is 12.1. The monoisotopic (exact) mass is 234 g/mol. The molecule has 1 aromatic carbocycles. The van der Waals surface area contributed by atoms with Crippen LogP contribution >= 0.6 is 0 Å². The van der Waals surface area contributed by atoms with E-state index >= 15 is 0 Å². The van der Waals surface area contributed by atoms with Crippen molar-refractivity contribution in [3.05, 3.63) is 30.3 Å². The zero-order valence-electron chi connectivity index (χ0n) is 10.0. The van der Waals surface area contributed by atoms with Crippen LogP contribution in [0.3, 0.4) is 0 Å². The molecule has 0 spiro atoms. The third-order valence-electron chi connectivity index (χ3n) is 3.03. The summed E-state index contributed by atoms with van der Waals surface area (Å²) in [6.07, 6.45) is 1.84. The number of nitrogens with one attached hydrogen (secondary N) is 2. The molecule has 4 nitrogen and oxygen atoms in total. The van der Waals surface area contributed by atoms with E-state index in [4.69, 9.17) is 4.74 Å². The van der Waals surface area contributed by atoms with Crippen LogP contribution < -0.4 is 15.4 Å². The summed E-state index contributed by atoms with van der Waals surface area (Å²) in [5.74, 6) is 0.564. The van der Waals surface area contributed by atoms with Gasteiger partial charge in [0, 0.05) is 12.1 Å². The highest BCUT2D eigenvalue weighted by Crippen LogP contribution is 2.17. The highest BCUT2D eigenvalue weighted by molar-refractivity contribution is 5.70. The van der Waals surface area contributed by atoms with Crippen molar-refractivity contribution in [2.45, 2.75) is 25.3 Å². The number of hydrogen-bond acceptors (Lipinski definition) is 3. The molecule has 1 amide bonds. The Morgan fingerprint density at radius 1 is 1.47 bits per heavy atom. The second-order valence-corrected chi connectivity index (χ2v) is 4.65. The van der Waals surface area contributed by atoms with Crippen molar-refractivity contribution >= 4 is 6.09 Å². The van der Waals surface area contributed by atoms with Gasteiger partial charge < -0.3 is 15.4 Å². The average molecular weight is 234 g/mol. The molecule has 0 aliphatic carbocycles. The number of rotatable bonds is 3. The lowest BCUT2D eigenvalue weighted by molar-refractivity contribution is 0.196. The largest absolute Gasteiger partial charge is 0.412 e. The van der Waals surface area contributed by atoms with Crippen LogP contribution in [-0.2, 0) is 0 Å². The first-order chi connectivity index (χ1) is 8.18. The predicted octanol–water partition coefficient (Wildman–Crippen LogP) is 1.92. The van der Waals surface area contributed by atoms with E-state index in [1.807, 2.05) is 18.2 Å². The lowest BCUT2D eigenvalue weighted by Crippen LogP contribution is -2.47. The Balaban J connectivity index is 1.78. The van der Waals surface area contributed by atoms with Gasteiger partial charge in [-0.05, 0) is 38.4 Å². The fourth-order valence-corrected chi connectivity index (χ4v) is 2.01. The normalized spacial score (nSPS) is 23.4. The molecule has 0 aromatic heterocycles. The molecule has 1 fully saturated rings. The molecule has 2 rings (SSSR count). The summed E-state index contributed by atoms with van der Waals surface area (Å²) >= 11 is 0. The highest BCUT2D eigenvalue weighted by atomic mass is 16.6. The molecule has 4 heteroatoms. The van der Waals surface area contributed by atoms with Gasteiger partial charge in [0.15, 0.2) is 0 Å². The number of para-hydroxylation sites is 1. The molecule has 1 atom stereocenters. The lowest BCUT2D eigenvalue weighted by Gasteiger charge is -2.24. The summed E-state index contributed by atoms with van der Waals surface area (Å²) in [5.41, 5.74) is 0.00963. The first-order valence-electron chi connectivity index (χ1n) is 5.94. The van der Waals surface area contributed by atoms with E-state index in [-0.39, 0.29) is 5.54 Å². The molecule has 0 bridgehead atoms. The second-order valence-electron chi connectivity index (χ2n) is 4.65. The van der Waals surface area contributed by atoms with Crippen LogP contribution in [0.4, 0.5) is 4.79 Å². The van der Waals surface area contributed by atoms with Crippen LogP contribution in [0, 0.1) is 0 Å². The van der Waals surface area contributed by atoms with Crippen molar-refractivity contribution in [1.29, 1.82) is 0 Å². The van der Waals surface area contributed by atoms with Crippen molar-refractivity contribution < 1.29 is 9.53 Å². The van der Waals surface area contributed by atoms with Crippen LogP contribution in [0.25, 0.3) is 0 Å². The van der Waals surface area contributed by atoms with Crippen LogP contribution in [0.2, 0.25) is 0 Å². The summed E-state index contributed by atoms with van der Waals surface area (Å²) in [5, 5.41) is 6.17. The first-order valence-corrected chi connectivity index (χ1v) is 5.94. The van der Waals surface area contributed by atoms with Gasteiger partial charge in [0.25, 0.3) is 0 Å². The van der Waals surface area contributed by atoms with Gasteiger partial charge in [-0.3, -0.25) is 0 Å². The summed E-state index contributed by atoms with van der Waals surface area (Å²) in [7, 11) is 0. The molecule has 1 aliphatic rings. The molecule has 1 saturated heterocycles. The smallest absolute Gasteiger partial charge is 0.410 e. The first kappa shape index (κ1) is 11.9. The van der Waals surface area contributed by atoms with Crippen LogP contribution in [0.1, 0.15) is 19.8 Å². The number of amides is 1. The van der Waals surface area contributed by atoms with Gasteiger partial charge in [0.1, 0.15) is 5.75 Å². The molecular formula is C13H18N2O2. The van der Waals surface area contributed by atoms with Gasteiger partial charge in [-0.15, -0.1) is 0 Å². The van der Waals surface area contributed by atoms with Gasteiger partial charge >= 0.3 is 6.09 Å². The van der Waals surface area contributed by atoms with Crippen LogP contribution in [-0.4, -0.2) is 24.7 Å². The molecular weight excluding hydrogens is 216 g/mol. The van der Waals surface area contributed by atoms with Crippen molar-refractivity contribution in [2.75, 3.05) is 13.1 Å². The Hall–Kier alpha value is -1.55. The summed E-state index contributed by atoms with van der Waals surface area (Å²) in [6.45, 7) is 3.73. The van der Waals surface area contributed by atoms with E-state index in [1.54, 1.807) is 12.1 Å². The van der Waals surface area contributed by atoms with Gasteiger partial charge in [-0.1, -0.05) is 18.2 Å². The summed E-state index contributed by atoms with van der Waals surface area (Å²) < 4.78 is 5.14. The van der Waals surface area contributed by atoms with E-state index in [1.165, 1.54) is 0 Å². The highest BCUT2D eigenvalue weighted by Gasteiger charge is 2.28. The number of carbonyl (C=O) groups is 1. The molecule has 1 heterocycles.